The topological polar surface area (TPSA) is 95.9 Å². The minimum Gasteiger partial charge on any atom is -0.479 e. The second kappa shape index (κ2) is 7.19. The second-order valence-electron chi connectivity index (χ2n) is 3.42. The fraction of sp³-hybridized carbons (Fsp3) is 0.778. The third kappa shape index (κ3) is 6.87. The average Bonchev–Trinajstić information content (AvgIpc) is 2.14. The third-order valence-corrected chi connectivity index (χ3v) is 1.76. The van der Waals surface area contributed by atoms with Crippen molar-refractivity contribution >= 4 is 11.9 Å². The summed E-state index contributed by atoms with van der Waals surface area (Å²) in [4.78, 5) is 21.4. The van der Waals surface area contributed by atoms with Gasteiger partial charge in [0.1, 0.15) is 0 Å². The molecule has 0 saturated carbocycles. The molecular weight excluding hydrogens is 202 g/mol. The van der Waals surface area contributed by atoms with E-state index in [1.165, 1.54) is 0 Å². The smallest absolute Gasteiger partial charge is 0.334 e. The van der Waals surface area contributed by atoms with Crippen LogP contribution in [-0.4, -0.2) is 48.5 Å². The highest BCUT2D eigenvalue weighted by molar-refractivity contribution is 5.78. The van der Waals surface area contributed by atoms with E-state index in [4.69, 9.17) is 14.9 Å². The average molecular weight is 219 g/mol. The van der Waals surface area contributed by atoms with Gasteiger partial charge < -0.3 is 20.3 Å². The van der Waals surface area contributed by atoms with Gasteiger partial charge in [-0.25, -0.2) is 4.79 Å². The van der Waals surface area contributed by atoms with Crippen molar-refractivity contribution < 1.29 is 24.5 Å². The van der Waals surface area contributed by atoms with E-state index in [2.05, 4.69) is 5.32 Å². The van der Waals surface area contributed by atoms with Crippen molar-refractivity contribution in [3.8, 4) is 0 Å². The Balaban J connectivity index is 3.70. The van der Waals surface area contributed by atoms with Gasteiger partial charge in [0.2, 0.25) is 5.91 Å². The number of carboxylic acid groups (broad SMARTS) is 1. The van der Waals surface area contributed by atoms with Gasteiger partial charge in [-0.05, 0) is 5.92 Å². The molecule has 0 aliphatic carbocycles. The molecule has 1 unspecified atom stereocenters. The number of ether oxygens (including phenoxy) is 1. The van der Waals surface area contributed by atoms with Crippen molar-refractivity contribution in [1.29, 1.82) is 0 Å². The van der Waals surface area contributed by atoms with Crippen LogP contribution in [0.25, 0.3) is 0 Å². The number of methoxy groups -OCH3 is 1. The van der Waals surface area contributed by atoms with E-state index < -0.39 is 12.1 Å². The zero-order valence-corrected chi connectivity index (χ0v) is 8.90. The van der Waals surface area contributed by atoms with Gasteiger partial charge in [0.15, 0.2) is 6.10 Å². The number of carbonyl (C=O) groups excluding carboxylic acids is 1. The molecule has 0 aromatic rings. The molecule has 0 aliphatic rings. The highest BCUT2D eigenvalue weighted by Gasteiger charge is 2.15. The van der Waals surface area contributed by atoms with Gasteiger partial charge in [0, 0.05) is 20.1 Å². The molecule has 0 aliphatic heterocycles. The van der Waals surface area contributed by atoms with Crippen LogP contribution < -0.4 is 5.32 Å². The fourth-order valence-electron chi connectivity index (χ4n) is 1.03. The lowest BCUT2D eigenvalue weighted by molar-refractivity contribution is -0.146. The summed E-state index contributed by atoms with van der Waals surface area (Å²) in [5.41, 5.74) is 0. The lowest BCUT2D eigenvalue weighted by Crippen LogP contribution is -2.37. The van der Waals surface area contributed by atoms with Crippen LogP contribution in [0.4, 0.5) is 0 Å². The molecule has 0 aromatic heterocycles. The van der Waals surface area contributed by atoms with Crippen molar-refractivity contribution in [1.82, 2.24) is 5.32 Å². The van der Waals surface area contributed by atoms with Gasteiger partial charge in [-0.1, -0.05) is 6.92 Å². The Morgan fingerprint density at radius 3 is 2.53 bits per heavy atom. The zero-order chi connectivity index (χ0) is 11.8. The van der Waals surface area contributed by atoms with Gasteiger partial charge in [-0.3, -0.25) is 4.79 Å². The predicted molar refractivity (Wildman–Crippen MR) is 52.3 cm³/mol. The molecule has 88 valence electrons. The Morgan fingerprint density at radius 2 is 2.07 bits per heavy atom. The van der Waals surface area contributed by atoms with Crippen LogP contribution in [0.15, 0.2) is 0 Å². The molecule has 0 spiro atoms. The van der Waals surface area contributed by atoms with E-state index in [1.54, 1.807) is 7.11 Å². The number of nitrogens with one attached hydrogen (secondary N) is 1. The summed E-state index contributed by atoms with van der Waals surface area (Å²) in [6.07, 6.45) is -1.30. The first-order valence-electron chi connectivity index (χ1n) is 4.63. The maximum Gasteiger partial charge on any atom is 0.334 e. The molecule has 3 N–H and O–H groups in total. The minimum atomic E-state index is -1.55. The number of amides is 1. The fourth-order valence-corrected chi connectivity index (χ4v) is 1.03. The van der Waals surface area contributed by atoms with Crippen LogP contribution in [0.1, 0.15) is 13.3 Å². The molecule has 15 heavy (non-hydrogen) atoms. The normalized spacial score (nSPS) is 14.3. The number of aliphatic hydroxyl groups excluding tert-OH is 1. The molecule has 0 rings (SSSR count). The maximum absolute atomic E-state index is 11.2. The number of hydrogen-bond donors (Lipinski definition) is 3. The number of aliphatic hydroxyl groups is 1. The largest absolute Gasteiger partial charge is 0.479 e. The number of rotatable bonds is 7. The monoisotopic (exact) mass is 219 g/mol. The van der Waals surface area contributed by atoms with E-state index in [1.807, 2.05) is 6.92 Å². The molecule has 2 atom stereocenters. The third-order valence-electron chi connectivity index (χ3n) is 1.76. The quantitative estimate of drug-likeness (QED) is 0.522. The van der Waals surface area contributed by atoms with Crippen molar-refractivity contribution in [2.24, 2.45) is 5.92 Å². The minimum absolute atomic E-state index is 0.0666. The van der Waals surface area contributed by atoms with Crippen LogP contribution in [0, 0.1) is 5.92 Å². The summed E-state index contributed by atoms with van der Waals surface area (Å²) < 4.78 is 4.84. The molecule has 6 nitrogen and oxygen atoms in total. The van der Waals surface area contributed by atoms with Gasteiger partial charge in [-0.2, -0.15) is 0 Å². The highest BCUT2D eigenvalue weighted by Crippen LogP contribution is 2.01. The van der Waals surface area contributed by atoms with Crippen LogP contribution in [0.2, 0.25) is 0 Å². The molecule has 0 saturated heterocycles. The molecule has 0 radical (unpaired) electrons. The number of hydrogen-bond acceptors (Lipinski definition) is 4. The van der Waals surface area contributed by atoms with Gasteiger partial charge in [0.25, 0.3) is 0 Å². The lowest BCUT2D eigenvalue weighted by atomic mass is 10.1. The Hall–Kier alpha value is -1.14. The number of aliphatic carboxylic acids is 1. The van der Waals surface area contributed by atoms with Crippen molar-refractivity contribution in [3.63, 3.8) is 0 Å². The van der Waals surface area contributed by atoms with Crippen LogP contribution in [-0.2, 0) is 14.3 Å². The van der Waals surface area contributed by atoms with Gasteiger partial charge in [-0.15, -0.1) is 0 Å². The SMILES string of the molecule is COCC(C)CC(=O)NC[C@H](O)C(=O)O. The van der Waals surface area contributed by atoms with Crippen molar-refractivity contribution in [2.45, 2.75) is 19.4 Å². The van der Waals surface area contributed by atoms with Crippen molar-refractivity contribution in [2.75, 3.05) is 20.3 Å². The highest BCUT2D eigenvalue weighted by atomic mass is 16.5. The summed E-state index contributed by atoms with van der Waals surface area (Å²) in [5.74, 6) is -1.57. The summed E-state index contributed by atoms with van der Waals surface area (Å²) in [7, 11) is 1.54. The summed E-state index contributed by atoms with van der Waals surface area (Å²) in [6.45, 7) is 2.04. The number of carbonyl (C=O) groups is 2. The summed E-state index contributed by atoms with van der Waals surface area (Å²) in [5, 5.41) is 19.5. The first kappa shape index (κ1) is 13.9. The molecule has 6 heteroatoms. The summed E-state index contributed by atoms with van der Waals surface area (Å²) >= 11 is 0. The molecular formula is C9H17NO5. The second-order valence-corrected chi connectivity index (χ2v) is 3.42. The predicted octanol–water partition coefficient (Wildman–Crippen LogP) is -0.779. The van der Waals surface area contributed by atoms with E-state index >= 15 is 0 Å². The first-order valence-corrected chi connectivity index (χ1v) is 4.63. The Labute approximate surface area is 88.2 Å². The standard InChI is InChI=1S/C9H17NO5/c1-6(5-15-2)3-8(12)10-4-7(11)9(13)14/h6-7,11H,3-5H2,1-2H3,(H,10,12)(H,13,14)/t6?,7-/m0/s1. The van der Waals surface area contributed by atoms with Crippen LogP contribution in [0.5, 0.6) is 0 Å². The molecule has 1 amide bonds. The van der Waals surface area contributed by atoms with Crippen LogP contribution >= 0.6 is 0 Å². The molecule has 0 heterocycles. The molecule has 0 bridgehead atoms. The molecule has 0 fully saturated rings. The Bertz CT molecular complexity index is 219. The Morgan fingerprint density at radius 1 is 1.47 bits per heavy atom. The molecule has 0 aromatic carbocycles. The Kier molecular flexibility index (Phi) is 6.64. The number of carboxylic acids is 1. The van der Waals surface area contributed by atoms with E-state index in [0.29, 0.717) is 6.61 Å². The van der Waals surface area contributed by atoms with E-state index in [-0.39, 0.29) is 24.8 Å². The maximum atomic E-state index is 11.2. The van der Waals surface area contributed by atoms with Crippen molar-refractivity contribution in [3.05, 3.63) is 0 Å². The zero-order valence-electron chi connectivity index (χ0n) is 8.90. The van der Waals surface area contributed by atoms with E-state index in [9.17, 15) is 9.59 Å². The summed E-state index contributed by atoms with van der Waals surface area (Å²) in [6, 6.07) is 0. The van der Waals surface area contributed by atoms with Gasteiger partial charge in [0.05, 0.1) is 6.54 Å². The van der Waals surface area contributed by atoms with Crippen LogP contribution in [0.3, 0.4) is 0 Å². The van der Waals surface area contributed by atoms with E-state index in [0.717, 1.165) is 0 Å². The lowest BCUT2D eigenvalue weighted by Gasteiger charge is -2.11. The first-order chi connectivity index (χ1) is 6.97. The van der Waals surface area contributed by atoms with Gasteiger partial charge >= 0.3 is 5.97 Å².